The fourth-order valence-electron chi connectivity index (χ4n) is 2.93. The fraction of sp³-hybridized carbons (Fsp3) is 0.211. The van der Waals surface area contributed by atoms with Gasteiger partial charge >= 0.3 is 0 Å². The number of nitrogens with zero attached hydrogens (tertiary/aromatic N) is 2. The van der Waals surface area contributed by atoms with Crippen LogP contribution in [0.4, 0.5) is 5.69 Å². The first-order valence-electron chi connectivity index (χ1n) is 8.00. The van der Waals surface area contributed by atoms with Gasteiger partial charge in [0.05, 0.1) is 24.1 Å². The number of benzene rings is 2. The Labute approximate surface area is 161 Å². The van der Waals surface area contributed by atoms with Gasteiger partial charge < -0.3 is 10.2 Å². The first kappa shape index (κ1) is 18.2. The Kier molecular flexibility index (Phi) is 5.46. The van der Waals surface area contributed by atoms with Gasteiger partial charge in [0.1, 0.15) is 0 Å². The number of halogens is 2. The molecule has 0 bridgehead atoms. The van der Waals surface area contributed by atoms with E-state index >= 15 is 0 Å². The molecule has 2 amide bonds. The molecule has 1 heterocycles. The molecule has 2 aromatic carbocycles. The highest BCUT2D eigenvalue weighted by molar-refractivity contribution is 6.33. The van der Waals surface area contributed by atoms with Crippen LogP contribution in [0.1, 0.15) is 17.5 Å². The molecular formula is C19H15Cl2N3O2. The van der Waals surface area contributed by atoms with Crippen LogP contribution < -0.4 is 10.2 Å². The van der Waals surface area contributed by atoms with Gasteiger partial charge in [-0.15, -0.1) is 0 Å². The average Bonchev–Trinajstić information content (AvgIpc) is 2.98. The summed E-state index contributed by atoms with van der Waals surface area (Å²) >= 11 is 12.0. The lowest BCUT2D eigenvalue weighted by molar-refractivity contribution is -0.121. The van der Waals surface area contributed by atoms with Gasteiger partial charge in [-0.3, -0.25) is 9.59 Å². The number of nitrogens with one attached hydrogen (secondary N) is 1. The highest BCUT2D eigenvalue weighted by Gasteiger charge is 2.31. The van der Waals surface area contributed by atoms with E-state index in [1.54, 1.807) is 47.4 Å². The predicted octanol–water partition coefficient (Wildman–Crippen LogP) is 3.33. The molecule has 7 heteroatoms. The molecule has 1 aliphatic rings. The van der Waals surface area contributed by atoms with Crippen molar-refractivity contribution in [2.75, 3.05) is 11.4 Å². The summed E-state index contributed by atoms with van der Waals surface area (Å²) in [4.78, 5) is 26.2. The Bertz CT molecular complexity index is 908. The van der Waals surface area contributed by atoms with E-state index in [0.717, 1.165) is 0 Å². The van der Waals surface area contributed by atoms with E-state index in [4.69, 9.17) is 28.5 Å². The maximum atomic E-state index is 12.3. The summed E-state index contributed by atoms with van der Waals surface area (Å²) in [6.07, 6.45) is 0.305. The van der Waals surface area contributed by atoms with Crippen LogP contribution in [-0.2, 0) is 16.0 Å². The second-order valence-corrected chi connectivity index (χ2v) is 6.89. The lowest BCUT2D eigenvalue weighted by atomic mass is 10.1. The lowest BCUT2D eigenvalue weighted by Crippen LogP contribution is -2.38. The highest BCUT2D eigenvalue weighted by atomic mass is 35.5. The topological polar surface area (TPSA) is 73.2 Å². The van der Waals surface area contributed by atoms with Gasteiger partial charge in [-0.25, -0.2) is 0 Å². The molecule has 0 aliphatic carbocycles. The Balaban J connectivity index is 1.64. The number of amides is 2. The second-order valence-electron chi connectivity index (χ2n) is 6.05. The van der Waals surface area contributed by atoms with Gasteiger partial charge in [0.15, 0.2) is 0 Å². The van der Waals surface area contributed by atoms with E-state index in [2.05, 4.69) is 11.4 Å². The normalized spacial score (nSPS) is 16.4. The number of nitriles is 1. The first-order chi connectivity index (χ1) is 12.5. The molecule has 26 heavy (non-hydrogen) atoms. The maximum absolute atomic E-state index is 12.3. The van der Waals surface area contributed by atoms with Gasteiger partial charge in [-0.05, 0) is 42.0 Å². The quantitative estimate of drug-likeness (QED) is 0.873. The molecule has 0 spiro atoms. The van der Waals surface area contributed by atoms with Crippen LogP contribution in [-0.4, -0.2) is 24.4 Å². The van der Waals surface area contributed by atoms with Gasteiger partial charge in [-0.2, -0.15) is 5.26 Å². The summed E-state index contributed by atoms with van der Waals surface area (Å²) in [5.41, 5.74) is 1.78. The molecule has 1 unspecified atom stereocenters. The molecule has 0 aromatic heterocycles. The first-order valence-corrected chi connectivity index (χ1v) is 8.75. The van der Waals surface area contributed by atoms with Crippen LogP contribution in [0.2, 0.25) is 10.0 Å². The molecule has 1 fully saturated rings. The largest absolute Gasteiger partial charge is 0.351 e. The van der Waals surface area contributed by atoms with E-state index in [9.17, 15) is 9.59 Å². The van der Waals surface area contributed by atoms with E-state index in [1.165, 1.54) is 0 Å². The van der Waals surface area contributed by atoms with Crippen molar-refractivity contribution in [3.8, 4) is 6.07 Å². The van der Waals surface area contributed by atoms with Crippen LogP contribution in [0.15, 0.2) is 42.5 Å². The molecule has 2 aromatic rings. The number of hydrogen-bond donors (Lipinski definition) is 1. The maximum Gasteiger partial charge on any atom is 0.229 e. The molecule has 0 saturated carbocycles. The second kappa shape index (κ2) is 7.77. The minimum absolute atomic E-state index is 0.0913. The van der Waals surface area contributed by atoms with Crippen molar-refractivity contribution in [3.63, 3.8) is 0 Å². The summed E-state index contributed by atoms with van der Waals surface area (Å²) < 4.78 is 0. The molecule has 1 atom stereocenters. The van der Waals surface area contributed by atoms with Gasteiger partial charge in [-0.1, -0.05) is 29.3 Å². The molecule has 0 radical (unpaired) electrons. The number of carbonyl (C=O) groups is 2. The van der Waals surface area contributed by atoms with Crippen LogP contribution in [0.25, 0.3) is 0 Å². The summed E-state index contributed by atoms with van der Waals surface area (Å²) in [5.74, 6) is -0.314. The molecule has 1 N–H and O–H groups in total. The lowest BCUT2D eigenvalue weighted by Gasteiger charge is -2.17. The molecule has 3 rings (SSSR count). The minimum atomic E-state index is -0.293. The average molecular weight is 388 g/mol. The van der Waals surface area contributed by atoms with E-state index in [0.29, 0.717) is 33.4 Å². The van der Waals surface area contributed by atoms with Gasteiger partial charge in [0, 0.05) is 28.7 Å². The van der Waals surface area contributed by atoms with Crippen molar-refractivity contribution in [2.45, 2.75) is 18.9 Å². The van der Waals surface area contributed by atoms with Crippen molar-refractivity contribution < 1.29 is 9.59 Å². The van der Waals surface area contributed by atoms with Crippen molar-refractivity contribution in [2.24, 2.45) is 0 Å². The smallest absolute Gasteiger partial charge is 0.229 e. The molecule has 1 saturated heterocycles. The molecular weight excluding hydrogens is 373 g/mol. The van der Waals surface area contributed by atoms with Gasteiger partial charge in [0.25, 0.3) is 0 Å². The molecule has 1 aliphatic heterocycles. The van der Waals surface area contributed by atoms with Crippen molar-refractivity contribution in [1.29, 1.82) is 5.26 Å². The molecule has 132 valence electrons. The minimum Gasteiger partial charge on any atom is -0.351 e. The standard InChI is InChI=1S/C19H15Cl2N3O2/c20-14-4-5-17(21)13(7-14)8-18(25)23-15-9-19(26)24(11-15)16-3-1-2-12(6-16)10-22/h1-7,15H,8-9,11H2,(H,23,25). The Morgan fingerprint density at radius 2 is 2.08 bits per heavy atom. The van der Waals surface area contributed by atoms with Crippen LogP contribution >= 0.6 is 23.2 Å². The van der Waals surface area contributed by atoms with Gasteiger partial charge in [0.2, 0.25) is 11.8 Å². The van der Waals surface area contributed by atoms with Crippen LogP contribution in [0, 0.1) is 11.3 Å². The summed E-state index contributed by atoms with van der Waals surface area (Å²) in [6, 6.07) is 13.6. The zero-order chi connectivity index (χ0) is 18.7. The van der Waals surface area contributed by atoms with Crippen molar-refractivity contribution in [3.05, 3.63) is 63.6 Å². The van der Waals surface area contributed by atoms with E-state index < -0.39 is 0 Å². The van der Waals surface area contributed by atoms with Crippen molar-refractivity contribution >= 4 is 40.7 Å². The molecule has 5 nitrogen and oxygen atoms in total. The summed E-state index contributed by atoms with van der Waals surface area (Å²) in [7, 11) is 0. The van der Waals surface area contributed by atoms with E-state index in [1.807, 2.05) is 0 Å². The van der Waals surface area contributed by atoms with Crippen LogP contribution in [0.5, 0.6) is 0 Å². The number of hydrogen-bond acceptors (Lipinski definition) is 3. The third kappa shape index (κ3) is 4.16. The summed E-state index contributed by atoms with van der Waals surface area (Å²) in [5, 5.41) is 12.8. The zero-order valence-corrected chi connectivity index (χ0v) is 15.2. The third-order valence-electron chi connectivity index (χ3n) is 4.14. The SMILES string of the molecule is N#Cc1cccc(N2CC(NC(=O)Cc3cc(Cl)ccc3Cl)CC2=O)c1. The Morgan fingerprint density at radius 1 is 1.27 bits per heavy atom. The highest BCUT2D eigenvalue weighted by Crippen LogP contribution is 2.24. The zero-order valence-electron chi connectivity index (χ0n) is 13.7. The third-order valence-corrected chi connectivity index (χ3v) is 4.74. The Hall–Kier alpha value is -2.55. The number of rotatable bonds is 4. The van der Waals surface area contributed by atoms with E-state index in [-0.39, 0.29) is 30.7 Å². The number of carbonyl (C=O) groups excluding carboxylic acids is 2. The van der Waals surface area contributed by atoms with Crippen LogP contribution in [0.3, 0.4) is 0 Å². The summed E-state index contributed by atoms with van der Waals surface area (Å²) in [6.45, 7) is 0.364. The Morgan fingerprint density at radius 3 is 2.85 bits per heavy atom. The van der Waals surface area contributed by atoms with Crippen molar-refractivity contribution in [1.82, 2.24) is 5.32 Å². The fourth-order valence-corrected chi connectivity index (χ4v) is 3.31. The predicted molar refractivity (Wildman–Crippen MR) is 100 cm³/mol. The monoisotopic (exact) mass is 387 g/mol. The number of anilines is 1.